The highest BCUT2D eigenvalue weighted by Crippen LogP contribution is 2.24. The number of aliphatic carboxylic acids is 1. The molecule has 1 saturated heterocycles. The molecule has 1 aliphatic heterocycles. The van der Waals surface area contributed by atoms with E-state index >= 15 is 0 Å². The Morgan fingerprint density at radius 2 is 2.04 bits per heavy atom. The minimum atomic E-state index is -0.819. The van der Waals surface area contributed by atoms with Crippen molar-refractivity contribution in [2.45, 2.75) is 38.1 Å². The van der Waals surface area contributed by atoms with Crippen molar-refractivity contribution in [1.82, 2.24) is 15.1 Å². The van der Waals surface area contributed by atoms with Crippen LogP contribution in [-0.2, 0) is 4.79 Å². The molecule has 0 radical (unpaired) electrons. The maximum atomic E-state index is 12.8. The second-order valence-electron chi connectivity index (χ2n) is 6.11. The third-order valence-corrected chi connectivity index (χ3v) is 4.46. The summed E-state index contributed by atoms with van der Waals surface area (Å²) in [4.78, 5) is 25.4. The maximum Gasteiger partial charge on any atom is 0.303 e. The summed E-state index contributed by atoms with van der Waals surface area (Å²) in [6.45, 7) is 0.669. The van der Waals surface area contributed by atoms with Crippen molar-refractivity contribution in [3.8, 4) is 11.3 Å². The van der Waals surface area contributed by atoms with Crippen LogP contribution in [0.25, 0.3) is 11.3 Å². The first-order valence-electron chi connectivity index (χ1n) is 8.29. The Kier molecular flexibility index (Phi) is 4.93. The molecular weight excluding hydrogens is 306 g/mol. The summed E-state index contributed by atoms with van der Waals surface area (Å²) < 4.78 is 0. The topological polar surface area (TPSA) is 86.3 Å². The average Bonchev–Trinajstić information content (AvgIpc) is 3.10. The smallest absolute Gasteiger partial charge is 0.303 e. The number of H-pyrrole nitrogens is 1. The number of nitrogens with one attached hydrogen (secondary N) is 1. The Morgan fingerprint density at radius 3 is 2.79 bits per heavy atom. The number of hydrogen-bond acceptors (Lipinski definition) is 3. The molecule has 1 aromatic carbocycles. The second kappa shape index (κ2) is 7.29. The molecule has 0 saturated carbocycles. The number of piperidine rings is 1. The number of benzene rings is 1. The molecule has 1 amide bonds. The number of carboxylic acids is 1. The summed E-state index contributed by atoms with van der Waals surface area (Å²) >= 11 is 0. The lowest BCUT2D eigenvalue weighted by Gasteiger charge is -2.35. The van der Waals surface area contributed by atoms with Crippen LogP contribution in [0.1, 0.15) is 42.6 Å². The molecule has 1 aliphatic rings. The Balaban J connectivity index is 1.74. The SMILES string of the molecule is O=C(O)CCC1CCCCN1C(=O)c1cc(-c2ccccc2)n[nH]1. The highest BCUT2D eigenvalue weighted by Gasteiger charge is 2.28. The van der Waals surface area contributed by atoms with Gasteiger partial charge in [0.1, 0.15) is 5.69 Å². The summed E-state index contributed by atoms with van der Waals surface area (Å²) in [6, 6.07) is 11.4. The van der Waals surface area contributed by atoms with Crippen LogP contribution < -0.4 is 0 Å². The van der Waals surface area contributed by atoms with Crippen LogP contribution in [0.4, 0.5) is 0 Å². The molecule has 6 heteroatoms. The van der Waals surface area contributed by atoms with Crippen LogP contribution in [0.5, 0.6) is 0 Å². The van der Waals surface area contributed by atoms with Gasteiger partial charge in [0.2, 0.25) is 0 Å². The molecule has 126 valence electrons. The van der Waals surface area contributed by atoms with Gasteiger partial charge in [-0.1, -0.05) is 30.3 Å². The van der Waals surface area contributed by atoms with Crippen molar-refractivity contribution in [3.05, 3.63) is 42.1 Å². The van der Waals surface area contributed by atoms with Crippen LogP contribution in [-0.4, -0.2) is 44.7 Å². The Bertz CT molecular complexity index is 711. The van der Waals surface area contributed by atoms with Crippen molar-refractivity contribution < 1.29 is 14.7 Å². The summed E-state index contributed by atoms with van der Waals surface area (Å²) in [5.74, 6) is -0.916. The molecule has 0 spiro atoms. The Hall–Kier alpha value is -2.63. The molecule has 2 aromatic rings. The fourth-order valence-corrected chi connectivity index (χ4v) is 3.20. The fraction of sp³-hybridized carbons (Fsp3) is 0.389. The normalized spacial score (nSPS) is 17.7. The standard InChI is InChI=1S/C18H21N3O3/c22-17(23)10-9-14-8-4-5-11-21(14)18(24)16-12-15(19-20-16)13-6-2-1-3-7-13/h1-3,6-7,12,14H,4-5,8-11H2,(H,19,20)(H,22,23). The molecule has 3 rings (SSSR count). The molecule has 1 aromatic heterocycles. The zero-order chi connectivity index (χ0) is 16.9. The number of aromatic nitrogens is 2. The van der Waals surface area contributed by atoms with E-state index < -0.39 is 5.97 Å². The van der Waals surface area contributed by atoms with Crippen molar-refractivity contribution in [2.24, 2.45) is 0 Å². The Morgan fingerprint density at radius 1 is 1.25 bits per heavy atom. The highest BCUT2D eigenvalue weighted by molar-refractivity contribution is 5.93. The summed E-state index contributed by atoms with van der Waals surface area (Å²) in [6.07, 6.45) is 3.44. The van der Waals surface area contributed by atoms with Gasteiger partial charge in [0.25, 0.3) is 5.91 Å². The number of amides is 1. The van der Waals surface area contributed by atoms with Crippen molar-refractivity contribution in [3.63, 3.8) is 0 Å². The zero-order valence-corrected chi connectivity index (χ0v) is 13.4. The number of rotatable bonds is 5. The minimum absolute atomic E-state index is 0.00850. The van der Waals surface area contributed by atoms with Gasteiger partial charge in [-0.2, -0.15) is 5.10 Å². The number of carbonyl (C=O) groups excluding carboxylic acids is 1. The van der Waals surface area contributed by atoms with E-state index in [0.717, 1.165) is 30.5 Å². The van der Waals surface area contributed by atoms with Gasteiger partial charge in [-0.3, -0.25) is 14.7 Å². The predicted octanol–water partition coefficient (Wildman–Crippen LogP) is 2.94. The summed E-state index contributed by atoms with van der Waals surface area (Å²) in [5.41, 5.74) is 2.14. The largest absolute Gasteiger partial charge is 0.481 e. The number of nitrogens with zero attached hydrogens (tertiary/aromatic N) is 2. The van der Waals surface area contributed by atoms with E-state index in [1.807, 2.05) is 30.3 Å². The quantitative estimate of drug-likeness (QED) is 0.884. The van der Waals surface area contributed by atoms with E-state index in [1.54, 1.807) is 11.0 Å². The number of carboxylic acid groups (broad SMARTS) is 1. The van der Waals surface area contributed by atoms with Crippen molar-refractivity contribution >= 4 is 11.9 Å². The number of aromatic amines is 1. The highest BCUT2D eigenvalue weighted by atomic mass is 16.4. The second-order valence-corrected chi connectivity index (χ2v) is 6.11. The van der Waals surface area contributed by atoms with E-state index in [4.69, 9.17) is 5.11 Å². The monoisotopic (exact) mass is 327 g/mol. The zero-order valence-electron chi connectivity index (χ0n) is 13.4. The van der Waals surface area contributed by atoms with Gasteiger partial charge in [-0.25, -0.2) is 0 Å². The van der Waals surface area contributed by atoms with E-state index in [9.17, 15) is 9.59 Å². The van der Waals surface area contributed by atoms with Crippen molar-refractivity contribution in [2.75, 3.05) is 6.54 Å². The molecule has 2 heterocycles. The van der Waals surface area contributed by atoms with Crippen LogP contribution in [0, 0.1) is 0 Å². The van der Waals surface area contributed by atoms with Crippen LogP contribution >= 0.6 is 0 Å². The third-order valence-electron chi connectivity index (χ3n) is 4.46. The van der Waals surface area contributed by atoms with Gasteiger partial charge in [-0.15, -0.1) is 0 Å². The lowest BCUT2D eigenvalue weighted by atomic mass is 9.97. The summed E-state index contributed by atoms with van der Waals surface area (Å²) in [5, 5.41) is 16.0. The van der Waals surface area contributed by atoms with Crippen LogP contribution in [0.3, 0.4) is 0 Å². The van der Waals surface area contributed by atoms with Crippen molar-refractivity contribution in [1.29, 1.82) is 0 Å². The van der Waals surface area contributed by atoms with Gasteiger partial charge in [-0.05, 0) is 31.7 Å². The molecule has 1 unspecified atom stereocenters. The van der Waals surface area contributed by atoms with Gasteiger partial charge >= 0.3 is 5.97 Å². The summed E-state index contributed by atoms with van der Waals surface area (Å²) in [7, 11) is 0. The van der Waals surface area contributed by atoms with Gasteiger partial charge in [0.05, 0.1) is 5.69 Å². The molecule has 24 heavy (non-hydrogen) atoms. The molecule has 0 bridgehead atoms. The van der Waals surface area contributed by atoms with Crippen LogP contribution in [0.15, 0.2) is 36.4 Å². The van der Waals surface area contributed by atoms with Gasteiger partial charge < -0.3 is 10.0 Å². The number of likely N-dealkylation sites (tertiary alicyclic amines) is 1. The molecule has 6 nitrogen and oxygen atoms in total. The first-order valence-corrected chi connectivity index (χ1v) is 8.29. The van der Waals surface area contributed by atoms with Gasteiger partial charge in [0.15, 0.2) is 0 Å². The average molecular weight is 327 g/mol. The van der Waals surface area contributed by atoms with E-state index in [2.05, 4.69) is 10.2 Å². The Labute approximate surface area is 140 Å². The molecule has 0 aliphatic carbocycles. The number of carbonyl (C=O) groups is 2. The number of hydrogen-bond donors (Lipinski definition) is 2. The molecule has 1 atom stereocenters. The third kappa shape index (κ3) is 3.64. The maximum absolute atomic E-state index is 12.8. The van der Waals surface area contributed by atoms with E-state index in [0.29, 0.717) is 18.7 Å². The minimum Gasteiger partial charge on any atom is -0.481 e. The molecular formula is C18H21N3O3. The molecule has 1 fully saturated rings. The van der Waals surface area contributed by atoms with E-state index in [1.165, 1.54) is 0 Å². The van der Waals surface area contributed by atoms with Gasteiger partial charge in [0, 0.05) is 24.6 Å². The first-order chi connectivity index (χ1) is 11.6. The lowest BCUT2D eigenvalue weighted by Crippen LogP contribution is -2.44. The molecule has 2 N–H and O–H groups in total. The van der Waals surface area contributed by atoms with Crippen LogP contribution in [0.2, 0.25) is 0 Å². The lowest BCUT2D eigenvalue weighted by molar-refractivity contribution is -0.137. The predicted molar refractivity (Wildman–Crippen MR) is 89.6 cm³/mol. The fourth-order valence-electron chi connectivity index (χ4n) is 3.20. The van der Waals surface area contributed by atoms with E-state index in [-0.39, 0.29) is 18.4 Å². The first kappa shape index (κ1) is 16.2.